The van der Waals surface area contributed by atoms with E-state index in [9.17, 15) is 10.5 Å². The van der Waals surface area contributed by atoms with E-state index in [0.29, 0.717) is 13.2 Å². The summed E-state index contributed by atoms with van der Waals surface area (Å²) in [6, 6.07) is 4.96. The highest BCUT2D eigenvalue weighted by Crippen LogP contribution is 2.88. The van der Waals surface area contributed by atoms with Crippen molar-refractivity contribution in [2.24, 2.45) is 27.0 Å². The van der Waals surface area contributed by atoms with Gasteiger partial charge in [0.25, 0.3) is 5.91 Å². The molecule has 0 radical (unpaired) electrons. The van der Waals surface area contributed by atoms with Crippen LogP contribution in [0.15, 0.2) is 4.99 Å². The minimum Gasteiger partial charge on any atom is -0.386 e. The van der Waals surface area contributed by atoms with Crippen molar-refractivity contribution in [1.29, 1.82) is 10.5 Å². The van der Waals surface area contributed by atoms with E-state index in [1.54, 1.807) is 0 Å². The standard InChI is InChI=1S/C22H34N4O2/c1-3-27-22(28-4-2)21(17-24)19(20(21,16-23)18(25)26-22)14-12-10-8-6-5-7-9-11-13-15-19/h3-15H2,1-2H3,(H2,25,26)/t20-,21+/m1/s1. The summed E-state index contributed by atoms with van der Waals surface area (Å²) in [5.41, 5.74) is 3.58. The first-order valence-electron chi connectivity index (χ1n) is 11.0. The second-order valence-electron chi connectivity index (χ2n) is 8.43. The van der Waals surface area contributed by atoms with E-state index in [1.807, 2.05) is 13.8 Å². The second kappa shape index (κ2) is 8.01. The number of amidine groups is 1. The molecule has 3 aliphatic rings. The number of nitriles is 2. The predicted octanol–water partition coefficient (Wildman–Crippen LogP) is 4.41. The Balaban J connectivity index is 2.06. The van der Waals surface area contributed by atoms with Crippen LogP contribution in [0.25, 0.3) is 0 Å². The van der Waals surface area contributed by atoms with Crippen molar-refractivity contribution < 1.29 is 9.47 Å². The average Bonchev–Trinajstić information content (AvgIpc) is 3.13. The van der Waals surface area contributed by atoms with Gasteiger partial charge in [0.05, 0.1) is 12.1 Å². The number of hydrogen-bond donors (Lipinski definition) is 1. The summed E-state index contributed by atoms with van der Waals surface area (Å²) in [7, 11) is 0. The third-order valence-electron chi connectivity index (χ3n) is 7.28. The van der Waals surface area contributed by atoms with E-state index in [-0.39, 0.29) is 5.84 Å². The van der Waals surface area contributed by atoms with Crippen LogP contribution in [0.4, 0.5) is 0 Å². The van der Waals surface area contributed by atoms with E-state index in [4.69, 9.17) is 15.2 Å². The molecule has 0 aromatic heterocycles. The largest absolute Gasteiger partial charge is 0.386 e. The van der Waals surface area contributed by atoms with Gasteiger partial charge in [-0.2, -0.15) is 10.5 Å². The molecule has 6 nitrogen and oxygen atoms in total. The van der Waals surface area contributed by atoms with Crippen molar-refractivity contribution in [3.63, 3.8) is 0 Å². The first kappa shape index (κ1) is 21.1. The lowest BCUT2D eigenvalue weighted by Crippen LogP contribution is -2.45. The molecule has 2 N–H and O–H groups in total. The predicted molar refractivity (Wildman–Crippen MR) is 107 cm³/mol. The number of hydrogen-bond acceptors (Lipinski definition) is 6. The van der Waals surface area contributed by atoms with E-state index < -0.39 is 22.2 Å². The molecule has 0 bridgehead atoms. The number of nitrogens with zero attached hydrogens (tertiary/aromatic N) is 3. The lowest BCUT2D eigenvalue weighted by molar-refractivity contribution is -0.261. The Morgan fingerprint density at radius 3 is 1.71 bits per heavy atom. The molecule has 2 aliphatic carbocycles. The van der Waals surface area contributed by atoms with Crippen LogP contribution in [0.5, 0.6) is 0 Å². The van der Waals surface area contributed by atoms with Gasteiger partial charge < -0.3 is 15.2 Å². The summed E-state index contributed by atoms with van der Waals surface area (Å²) in [4.78, 5) is 4.50. The van der Waals surface area contributed by atoms with Crippen LogP contribution in [-0.4, -0.2) is 25.0 Å². The Hall–Kier alpha value is -1.63. The molecule has 3 rings (SSSR count). The zero-order valence-electron chi connectivity index (χ0n) is 17.4. The molecule has 0 unspecified atom stereocenters. The van der Waals surface area contributed by atoms with Crippen molar-refractivity contribution in [2.75, 3.05) is 13.2 Å². The van der Waals surface area contributed by atoms with E-state index in [1.165, 1.54) is 32.1 Å². The summed E-state index contributed by atoms with van der Waals surface area (Å²) in [6.07, 6.45) is 12.1. The van der Waals surface area contributed by atoms with Crippen LogP contribution >= 0.6 is 0 Å². The molecule has 1 aliphatic heterocycles. The molecule has 2 fully saturated rings. The molecule has 0 saturated heterocycles. The minimum absolute atomic E-state index is 0.227. The fourth-order valence-electron chi connectivity index (χ4n) is 6.18. The van der Waals surface area contributed by atoms with Gasteiger partial charge in [-0.05, 0) is 26.7 Å². The van der Waals surface area contributed by atoms with Crippen LogP contribution in [0, 0.1) is 38.9 Å². The average molecular weight is 387 g/mol. The van der Waals surface area contributed by atoms with Gasteiger partial charge in [0, 0.05) is 18.6 Å². The van der Waals surface area contributed by atoms with Crippen LogP contribution in [0.1, 0.15) is 84.5 Å². The second-order valence-corrected chi connectivity index (χ2v) is 8.43. The summed E-state index contributed by atoms with van der Waals surface area (Å²) >= 11 is 0. The van der Waals surface area contributed by atoms with Gasteiger partial charge in [-0.25, -0.2) is 4.99 Å². The number of aliphatic imine (C=N–C) groups is 1. The Labute approximate surface area is 169 Å². The van der Waals surface area contributed by atoms with Crippen molar-refractivity contribution in [1.82, 2.24) is 0 Å². The highest BCUT2D eigenvalue weighted by atomic mass is 16.7. The van der Waals surface area contributed by atoms with Crippen molar-refractivity contribution >= 4 is 5.84 Å². The molecule has 2 atom stereocenters. The van der Waals surface area contributed by atoms with E-state index in [2.05, 4.69) is 17.1 Å². The minimum atomic E-state index is -1.47. The smallest absolute Gasteiger partial charge is 0.293 e. The maximum atomic E-state index is 10.5. The lowest BCUT2D eigenvalue weighted by Gasteiger charge is -2.35. The first-order chi connectivity index (χ1) is 13.6. The molecule has 154 valence electrons. The highest BCUT2D eigenvalue weighted by Gasteiger charge is 2.99. The first-order valence-corrected chi connectivity index (χ1v) is 11.0. The number of fused-ring (bicyclic) bond motifs is 3. The van der Waals surface area contributed by atoms with Gasteiger partial charge >= 0.3 is 0 Å². The van der Waals surface area contributed by atoms with E-state index in [0.717, 1.165) is 38.5 Å². The quantitative estimate of drug-likeness (QED) is 0.721. The summed E-state index contributed by atoms with van der Waals surface area (Å²) in [6.45, 7) is 4.41. The maximum absolute atomic E-state index is 10.5. The zero-order valence-corrected chi connectivity index (χ0v) is 17.4. The number of rotatable bonds is 4. The normalized spacial score (nSPS) is 34.2. The molecule has 2 saturated carbocycles. The molecule has 1 heterocycles. The zero-order chi connectivity index (χ0) is 20.3. The summed E-state index contributed by atoms with van der Waals surface area (Å²) < 4.78 is 12.0. The molecule has 28 heavy (non-hydrogen) atoms. The molecule has 0 amide bonds. The Bertz CT molecular complexity index is 674. The van der Waals surface area contributed by atoms with Gasteiger partial charge in [-0.3, -0.25) is 0 Å². The van der Waals surface area contributed by atoms with Gasteiger partial charge in [-0.15, -0.1) is 0 Å². The molecule has 0 aromatic carbocycles. The molecule has 0 aromatic rings. The third-order valence-corrected chi connectivity index (χ3v) is 7.28. The molecule has 1 spiro atoms. The van der Waals surface area contributed by atoms with Gasteiger partial charge in [-0.1, -0.05) is 57.8 Å². The van der Waals surface area contributed by atoms with Crippen LogP contribution < -0.4 is 5.73 Å². The summed E-state index contributed by atoms with van der Waals surface area (Å²) in [5.74, 6) is -1.24. The van der Waals surface area contributed by atoms with Crippen molar-refractivity contribution in [3.8, 4) is 12.1 Å². The van der Waals surface area contributed by atoms with Gasteiger partial charge in [0.1, 0.15) is 11.3 Å². The molecular weight excluding hydrogens is 352 g/mol. The van der Waals surface area contributed by atoms with Gasteiger partial charge in [0.2, 0.25) is 0 Å². The maximum Gasteiger partial charge on any atom is 0.293 e. The monoisotopic (exact) mass is 386 g/mol. The topological polar surface area (TPSA) is 104 Å². The Morgan fingerprint density at radius 1 is 0.857 bits per heavy atom. The van der Waals surface area contributed by atoms with E-state index >= 15 is 0 Å². The SMILES string of the molecule is CCOC1(OCC)N=C(N)[C@]2(C#N)C3(CCCCCCCCCCC3)[C@]12C#N. The molecule has 6 heteroatoms. The fraction of sp³-hybridized carbons (Fsp3) is 0.864. The van der Waals surface area contributed by atoms with Crippen LogP contribution in [0.2, 0.25) is 0 Å². The van der Waals surface area contributed by atoms with Crippen LogP contribution in [-0.2, 0) is 9.47 Å². The molecular formula is C22H34N4O2. The van der Waals surface area contributed by atoms with Crippen molar-refractivity contribution in [3.05, 3.63) is 0 Å². The Kier molecular flexibility index (Phi) is 6.03. The summed E-state index contributed by atoms with van der Waals surface area (Å²) in [5, 5.41) is 20.8. The van der Waals surface area contributed by atoms with Gasteiger partial charge in [0.15, 0.2) is 5.41 Å². The Morgan fingerprint density at radius 2 is 1.32 bits per heavy atom. The highest BCUT2D eigenvalue weighted by molar-refractivity contribution is 6.00. The van der Waals surface area contributed by atoms with Crippen LogP contribution in [0.3, 0.4) is 0 Å². The number of ether oxygens (including phenoxy) is 2. The third kappa shape index (κ3) is 2.47. The fourth-order valence-corrected chi connectivity index (χ4v) is 6.18. The number of nitrogens with two attached hydrogens (primary N) is 1. The lowest BCUT2D eigenvalue weighted by atomic mass is 9.79. The van der Waals surface area contributed by atoms with Crippen molar-refractivity contribution in [2.45, 2.75) is 90.4 Å².